The quantitative estimate of drug-likeness (QED) is 0.323. The van der Waals surface area contributed by atoms with Gasteiger partial charge in [0.25, 0.3) is 5.69 Å². The molecule has 0 bridgehead atoms. The monoisotopic (exact) mass is 358 g/mol. The van der Waals surface area contributed by atoms with E-state index >= 15 is 0 Å². The van der Waals surface area contributed by atoms with Crippen molar-refractivity contribution in [3.63, 3.8) is 0 Å². The van der Waals surface area contributed by atoms with Crippen LogP contribution in [0.4, 0.5) is 5.69 Å². The third-order valence-corrected chi connectivity index (χ3v) is 3.84. The van der Waals surface area contributed by atoms with Crippen molar-refractivity contribution in [2.75, 3.05) is 6.61 Å². The summed E-state index contributed by atoms with van der Waals surface area (Å²) in [4.78, 5) is 37.6. The van der Waals surface area contributed by atoms with Crippen molar-refractivity contribution < 1.29 is 19.2 Å². The lowest BCUT2D eigenvalue weighted by Crippen LogP contribution is -2.15. The molecule has 0 fully saturated rings. The Morgan fingerprint density at radius 1 is 1.16 bits per heavy atom. The molecule has 0 unspecified atom stereocenters. The summed E-state index contributed by atoms with van der Waals surface area (Å²) in [6.07, 6.45) is 1.53. The number of H-pyrrole nitrogens is 1. The summed E-state index contributed by atoms with van der Waals surface area (Å²) >= 11 is 5.70. The molecule has 0 spiro atoms. The molecule has 0 saturated heterocycles. The number of ether oxygens (including phenoxy) is 1. The number of hydrogen-bond donors (Lipinski definition) is 1. The summed E-state index contributed by atoms with van der Waals surface area (Å²) < 4.78 is 4.94. The molecule has 0 radical (unpaired) electrons. The van der Waals surface area contributed by atoms with Crippen LogP contribution in [0, 0.1) is 10.1 Å². The minimum atomic E-state index is -0.962. The number of fused-ring (bicyclic) bond motifs is 1. The van der Waals surface area contributed by atoms with E-state index in [4.69, 9.17) is 16.3 Å². The van der Waals surface area contributed by atoms with Crippen LogP contribution in [0.5, 0.6) is 0 Å². The Morgan fingerprint density at radius 3 is 2.68 bits per heavy atom. The number of aromatic amines is 1. The van der Waals surface area contributed by atoms with E-state index in [9.17, 15) is 19.7 Å². The molecule has 1 aromatic heterocycles. The molecule has 1 heterocycles. The van der Waals surface area contributed by atoms with E-state index in [2.05, 4.69) is 4.98 Å². The molecule has 2 aromatic carbocycles. The fourth-order valence-corrected chi connectivity index (χ4v) is 2.58. The highest BCUT2D eigenvalue weighted by molar-refractivity contribution is 6.31. The molecule has 0 aliphatic carbocycles. The molecule has 3 aromatic rings. The first kappa shape index (κ1) is 16.7. The topological polar surface area (TPSA) is 102 Å². The van der Waals surface area contributed by atoms with Gasteiger partial charge in [0.1, 0.15) is 5.56 Å². The van der Waals surface area contributed by atoms with Gasteiger partial charge in [0.15, 0.2) is 6.61 Å². The van der Waals surface area contributed by atoms with Gasteiger partial charge in [-0.1, -0.05) is 29.8 Å². The van der Waals surface area contributed by atoms with Gasteiger partial charge in [-0.05, 0) is 18.2 Å². The molecular formula is C17H11ClN2O5. The normalized spacial score (nSPS) is 10.6. The molecule has 0 saturated carbocycles. The summed E-state index contributed by atoms with van der Waals surface area (Å²) in [5.41, 5.74) is 0.428. The van der Waals surface area contributed by atoms with E-state index in [1.165, 1.54) is 18.3 Å². The van der Waals surface area contributed by atoms with E-state index < -0.39 is 29.0 Å². The van der Waals surface area contributed by atoms with Crippen LogP contribution in [0.1, 0.15) is 20.7 Å². The molecule has 1 N–H and O–H groups in total. The van der Waals surface area contributed by atoms with Gasteiger partial charge in [0.2, 0.25) is 5.78 Å². The van der Waals surface area contributed by atoms with E-state index in [-0.39, 0.29) is 10.6 Å². The average Bonchev–Trinajstić information content (AvgIpc) is 3.03. The first-order valence-electron chi connectivity index (χ1n) is 7.18. The maximum absolute atomic E-state index is 12.3. The average molecular weight is 359 g/mol. The predicted molar refractivity (Wildman–Crippen MR) is 91.0 cm³/mol. The molecule has 25 heavy (non-hydrogen) atoms. The Balaban J connectivity index is 1.77. The summed E-state index contributed by atoms with van der Waals surface area (Å²) in [7, 11) is 0. The van der Waals surface area contributed by atoms with E-state index in [0.717, 1.165) is 11.6 Å². The number of carbonyl (C=O) groups excluding carboxylic acids is 2. The van der Waals surface area contributed by atoms with Crippen LogP contribution in [-0.2, 0) is 4.74 Å². The Morgan fingerprint density at radius 2 is 1.92 bits per heavy atom. The molecule has 126 valence electrons. The van der Waals surface area contributed by atoms with Gasteiger partial charge in [0, 0.05) is 33.8 Å². The highest BCUT2D eigenvalue weighted by Crippen LogP contribution is 2.24. The Hall–Kier alpha value is -3.19. The maximum atomic E-state index is 12.3. The van der Waals surface area contributed by atoms with Crippen molar-refractivity contribution in [2.45, 2.75) is 0 Å². The highest BCUT2D eigenvalue weighted by atomic mass is 35.5. The number of Topliss-reactive ketones (excluding diaryl/α,β-unsaturated/α-hetero) is 1. The maximum Gasteiger partial charge on any atom is 0.345 e. The zero-order chi connectivity index (χ0) is 18.0. The van der Waals surface area contributed by atoms with E-state index in [1.54, 1.807) is 12.1 Å². The van der Waals surface area contributed by atoms with Crippen LogP contribution in [0.15, 0.2) is 48.7 Å². The Labute approximate surface area is 146 Å². The number of nitro groups is 1. The summed E-state index contributed by atoms with van der Waals surface area (Å²) in [5, 5.41) is 11.9. The summed E-state index contributed by atoms with van der Waals surface area (Å²) in [6, 6.07) is 10.8. The zero-order valence-electron chi connectivity index (χ0n) is 12.7. The number of hydrogen-bond acceptors (Lipinski definition) is 5. The van der Waals surface area contributed by atoms with Crippen molar-refractivity contribution in [1.29, 1.82) is 0 Å². The van der Waals surface area contributed by atoms with Crippen molar-refractivity contribution in [1.82, 2.24) is 4.98 Å². The largest absolute Gasteiger partial charge is 0.454 e. The van der Waals surface area contributed by atoms with Crippen LogP contribution in [0.2, 0.25) is 5.02 Å². The third kappa shape index (κ3) is 3.36. The summed E-state index contributed by atoms with van der Waals surface area (Å²) in [5.74, 6) is -1.38. The number of ketones is 1. The molecule has 0 atom stereocenters. The van der Waals surface area contributed by atoms with Crippen LogP contribution in [0.25, 0.3) is 10.9 Å². The second-order valence-corrected chi connectivity index (χ2v) is 5.60. The molecule has 0 amide bonds. The van der Waals surface area contributed by atoms with Gasteiger partial charge in [-0.2, -0.15) is 0 Å². The minimum Gasteiger partial charge on any atom is -0.454 e. The lowest BCUT2D eigenvalue weighted by molar-refractivity contribution is -0.385. The number of aromatic nitrogens is 1. The predicted octanol–water partition coefficient (Wildman–Crippen LogP) is 3.77. The van der Waals surface area contributed by atoms with E-state index in [0.29, 0.717) is 10.9 Å². The van der Waals surface area contributed by atoms with Gasteiger partial charge in [0.05, 0.1) is 4.92 Å². The number of esters is 1. The van der Waals surface area contributed by atoms with Crippen LogP contribution >= 0.6 is 11.6 Å². The van der Waals surface area contributed by atoms with Crippen molar-refractivity contribution in [2.24, 2.45) is 0 Å². The lowest BCUT2D eigenvalue weighted by atomic mass is 10.1. The standard InChI is InChI=1S/C17H11ClN2O5/c18-10-5-6-12(15(7-10)20(23)24)17(22)25-9-16(21)13-8-19-14-4-2-1-3-11(13)14/h1-8,19H,9H2. The van der Waals surface area contributed by atoms with Crippen molar-refractivity contribution in [3.05, 3.63) is 74.9 Å². The second kappa shape index (κ2) is 6.74. The van der Waals surface area contributed by atoms with Gasteiger partial charge in [-0.15, -0.1) is 0 Å². The van der Waals surface area contributed by atoms with Crippen LogP contribution in [-0.4, -0.2) is 28.3 Å². The van der Waals surface area contributed by atoms with Gasteiger partial charge in [-0.25, -0.2) is 4.79 Å². The SMILES string of the molecule is O=C(OCC(=O)c1c[nH]c2ccccc12)c1ccc(Cl)cc1[N+](=O)[O-]. The smallest absolute Gasteiger partial charge is 0.345 e. The Kier molecular flexibility index (Phi) is 4.49. The number of carbonyl (C=O) groups is 2. The fraction of sp³-hybridized carbons (Fsp3) is 0.0588. The zero-order valence-corrected chi connectivity index (χ0v) is 13.4. The number of para-hydroxylation sites is 1. The lowest BCUT2D eigenvalue weighted by Gasteiger charge is -2.05. The minimum absolute atomic E-state index is 0.123. The number of nitrogens with zero attached hydrogens (tertiary/aromatic N) is 1. The highest BCUT2D eigenvalue weighted by Gasteiger charge is 2.23. The third-order valence-electron chi connectivity index (χ3n) is 3.60. The number of rotatable bonds is 5. The number of nitrogens with one attached hydrogen (secondary N) is 1. The molecule has 3 rings (SSSR count). The Bertz CT molecular complexity index is 996. The number of halogens is 1. The number of nitro benzene ring substituents is 1. The van der Waals surface area contributed by atoms with Crippen LogP contribution in [0.3, 0.4) is 0 Å². The van der Waals surface area contributed by atoms with Gasteiger partial charge < -0.3 is 9.72 Å². The van der Waals surface area contributed by atoms with Crippen molar-refractivity contribution >= 4 is 39.9 Å². The first-order chi connectivity index (χ1) is 12.0. The van der Waals surface area contributed by atoms with Crippen molar-refractivity contribution in [3.8, 4) is 0 Å². The first-order valence-corrected chi connectivity index (χ1v) is 7.55. The summed E-state index contributed by atoms with van der Waals surface area (Å²) in [6.45, 7) is -0.527. The van der Waals surface area contributed by atoms with Crippen LogP contribution < -0.4 is 0 Å². The molecule has 0 aliphatic heterocycles. The molecular weight excluding hydrogens is 348 g/mol. The number of benzene rings is 2. The van der Waals surface area contributed by atoms with E-state index in [1.807, 2.05) is 12.1 Å². The fourth-order valence-electron chi connectivity index (χ4n) is 2.42. The second-order valence-electron chi connectivity index (χ2n) is 5.17. The molecule has 7 nitrogen and oxygen atoms in total. The molecule has 0 aliphatic rings. The van der Waals surface area contributed by atoms with Gasteiger partial charge >= 0.3 is 5.97 Å². The molecule has 8 heteroatoms. The van der Waals surface area contributed by atoms with Gasteiger partial charge in [-0.3, -0.25) is 14.9 Å².